The van der Waals surface area contributed by atoms with Crippen molar-refractivity contribution in [1.29, 1.82) is 0 Å². The van der Waals surface area contributed by atoms with E-state index in [0.29, 0.717) is 11.8 Å². The van der Waals surface area contributed by atoms with Crippen molar-refractivity contribution >= 4 is 23.2 Å². The maximum Gasteiger partial charge on any atom is 0.0746 e. The fourth-order valence-electron chi connectivity index (χ4n) is 1.81. The zero-order valence-corrected chi connectivity index (χ0v) is 12.4. The average molecular weight is 291 g/mol. The number of methoxy groups -OCH3 is 2. The topological polar surface area (TPSA) is 18.5 Å². The number of halogens is 2. The highest BCUT2D eigenvalue weighted by Crippen LogP contribution is 2.13. The molecule has 18 heavy (non-hydrogen) atoms. The Morgan fingerprint density at radius 3 is 1.72 bits per heavy atom. The molecule has 0 heterocycles. The molecule has 0 aliphatic carbocycles. The van der Waals surface area contributed by atoms with E-state index in [-0.39, 0.29) is 12.2 Å². The summed E-state index contributed by atoms with van der Waals surface area (Å²) in [4.78, 5) is 0. The number of alkyl halides is 2. The second-order valence-corrected chi connectivity index (χ2v) is 4.87. The molecule has 0 saturated heterocycles. The normalized spacial score (nSPS) is 14.4. The van der Waals surface area contributed by atoms with Gasteiger partial charge in [0.25, 0.3) is 0 Å². The summed E-state index contributed by atoms with van der Waals surface area (Å²) in [5, 5.41) is 0. The van der Waals surface area contributed by atoms with Crippen LogP contribution < -0.4 is 0 Å². The molecule has 2 nitrogen and oxygen atoms in total. The molecule has 0 aliphatic rings. The summed E-state index contributed by atoms with van der Waals surface area (Å²) in [5.41, 5.74) is 2.45. The van der Waals surface area contributed by atoms with Gasteiger partial charge in [-0.1, -0.05) is 24.3 Å². The van der Waals surface area contributed by atoms with Crippen molar-refractivity contribution in [1.82, 2.24) is 0 Å². The first-order valence-corrected chi connectivity index (χ1v) is 7.05. The Labute approximate surface area is 119 Å². The van der Waals surface area contributed by atoms with Gasteiger partial charge in [-0.2, -0.15) is 0 Å². The number of ether oxygens (including phenoxy) is 2. The van der Waals surface area contributed by atoms with Crippen molar-refractivity contribution in [3.05, 3.63) is 35.4 Å². The standard InChI is InChI=1S/C14H20Cl2O2/c1-17-13(9-15)7-11-4-3-5-12(6-11)8-14(10-16)18-2/h3-6,13-14H,7-10H2,1-2H3. The summed E-state index contributed by atoms with van der Waals surface area (Å²) in [6, 6.07) is 8.39. The van der Waals surface area contributed by atoms with Crippen LogP contribution in [0.1, 0.15) is 11.1 Å². The zero-order chi connectivity index (χ0) is 13.4. The van der Waals surface area contributed by atoms with Crippen LogP contribution in [0.4, 0.5) is 0 Å². The van der Waals surface area contributed by atoms with Crippen molar-refractivity contribution < 1.29 is 9.47 Å². The molecule has 1 rings (SSSR count). The largest absolute Gasteiger partial charge is 0.380 e. The van der Waals surface area contributed by atoms with Crippen LogP contribution in [0, 0.1) is 0 Å². The van der Waals surface area contributed by atoms with Crippen LogP contribution in [0.15, 0.2) is 24.3 Å². The molecule has 0 radical (unpaired) electrons. The van der Waals surface area contributed by atoms with Crippen LogP contribution >= 0.6 is 23.2 Å². The van der Waals surface area contributed by atoms with E-state index >= 15 is 0 Å². The second kappa shape index (κ2) is 8.76. The maximum atomic E-state index is 5.82. The molecule has 1 aromatic rings. The van der Waals surface area contributed by atoms with Crippen molar-refractivity contribution in [3.8, 4) is 0 Å². The highest BCUT2D eigenvalue weighted by atomic mass is 35.5. The summed E-state index contributed by atoms with van der Waals surface area (Å²) in [5.74, 6) is 1.01. The van der Waals surface area contributed by atoms with Gasteiger partial charge < -0.3 is 9.47 Å². The van der Waals surface area contributed by atoms with Gasteiger partial charge in [-0.15, -0.1) is 23.2 Å². The van der Waals surface area contributed by atoms with E-state index in [2.05, 4.69) is 18.2 Å². The summed E-state index contributed by atoms with van der Waals surface area (Å²) in [7, 11) is 3.37. The SMILES string of the molecule is COC(CCl)Cc1cccc(CC(CCl)OC)c1. The summed E-state index contributed by atoms with van der Waals surface area (Å²) in [6.45, 7) is 0. The molecule has 2 unspecified atom stereocenters. The third-order valence-electron chi connectivity index (χ3n) is 2.93. The highest BCUT2D eigenvalue weighted by Gasteiger charge is 2.10. The lowest BCUT2D eigenvalue weighted by Crippen LogP contribution is -2.17. The minimum Gasteiger partial charge on any atom is -0.380 e. The molecule has 0 fully saturated rings. The van der Waals surface area contributed by atoms with Crippen LogP contribution in [0.25, 0.3) is 0 Å². The van der Waals surface area contributed by atoms with Crippen LogP contribution in [0.3, 0.4) is 0 Å². The molecule has 0 aliphatic heterocycles. The summed E-state index contributed by atoms with van der Waals surface area (Å²) in [6.07, 6.45) is 1.78. The molecule has 0 saturated carbocycles. The Hall–Kier alpha value is -0.280. The van der Waals surface area contributed by atoms with Crippen LogP contribution in [-0.2, 0) is 22.3 Å². The Morgan fingerprint density at radius 2 is 1.39 bits per heavy atom. The van der Waals surface area contributed by atoms with E-state index in [4.69, 9.17) is 32.7 Å². The van der Waals surface area contributed by atoms with E-state index in [1.165, 1.54) is 11.1 Å². The predicted molar refractivity (Wildman–Crippen MR) is 76.9 cm³/mol. The van der Waals surface area contributed by atoms with E-state index in [0.717, 1.165) is 12.8 Å². The predicted octanol–water partition coefficient (Wildman–Crippen LogP) is 3.28. The van der Waals surface area contributed by atoms with Crippen molar-refractivity contribution in [2.45, 2.75) is 25.0 Å². The monoisotopic (exact) mass is 290 g/mol. The van der Waals surface area contributed by atoms with Gasteiger partial charge in [0.05, 0.1) is 12.2 Å². The molecule has 0 spiro atoms. The molecule has 4 heteroatoms. The molecular weight excluding hydrogens is 271 g/mol. The van der Waals surface area contributed by atoms with Gasteiger partial charge in [0, 0.05) is 26.0 Å². The maximum absolute atomic E-state index is 5.82. The molecule has 0 amide bonds. The van der Waals surface area contributed by atoms with Gasteiger partial charge >= 0.3 is 0 Å². The molecule has 0 N–H and O–H groups in total. The van der Waals surface area contributed by atoms with Crippen LogP contribution in [-0.4, -0.2) is 38.2 Å². The first-order valence-electron chi connectivity index (χ1n) is 5.98. The molecular formula is C14H20Cl2O2. The number of hydrogen-bond donors (Lipinski definition) is 0. The summed E-state index contributed by atoms with van der Waals surface area (Å²) < 4.78 is 10.6. The van der Waals surface area contributed by atoms with Gasteiger partial charge in [0.1, 0.15) is 0 Å². The number of rotatable bonds is 8. The first-order chi connectivity index (χ1) is 8.73. The summed E-state index contributed by atoms with van der Waals surface area (Å²) >= 11 is 11.6. The Balaban J connectivity index is 2.66. The second-order valence-electron chi connectivity index (χ2n) is 4.25. The van der Waals surface area contributed by atoms with Gasteiger partial charge in [0.15, 0.2) is 0 Å². The third-order valence-corrected chi connectivity index (χ3v) is 3.62. The minimum atomic E-state index is 0.0631. The zero-order valence-electron chi connectivity index (χ0n) is 10.9. The van der Waals surface area contributed by atoms with Gasteiger partial charge in [0.2, 0.25) is 0 Å². The lowest BCUT2D eigenvalue weighted by molar-refractivity contribution is 0.120. The molecule has 0 bridgehead atoms. The fraction of sp³-hybridized carbons (Fsp3) is 0.571. The van der Waals surface area contributed by atoms with Crippen LogP contribution in [0.2, 0.25) is 0 Å². The number of hydrogen-bond acceptors (Lipinski definition) is 2. The first kappa shape index (κ1) is 15.8. The van der Waals surface area contributed by atoms with Gasteiger partial charge in [-0.25, -0.2) is 0 Å². The van der Waals surface area contributed by atoms with Crippen molar-refractivity contribution in [2.75, 3.05) is 26.0 Å². The Bertz CT molecular complexity index is 307. The van der Waals surface area contributed by atoms with E-state index in [1.54, 1.807) is 14.2 Å². The van der Waals surface area contributed by atoms with E-state index in [1.807, 2.05) is 6.07 Å². The van der Waals surface area contributed by atoms with E-state index in [9.17, 15) is 0 Å². The molecule has 102 valence electrons. The quantitative estimate of drug-likeness (QED) is 0.684. The lowest BCUT2D eigenvalue weighted by atomic mass is 10.0. The van der Waals surface area contributed by atoms with Crippen LogP contribution in [0.5, 0.6) is 0 Å². The lowest BCUT2D eigenvalue weighted by Gasteiger charge is -2.15. The fourth-order valence-corrected chi connectivity index (χ4v) is 2.28. The van der Waals surface area contributed by atoms with Crippen molar-refractivity contribution in [2.24, 2.45) is 0 Å². The average Bonchev–Trinajstić information content (AvgIpc) is 2.42. The molecule has 0 aromatic heterocycles. The smallest absolute Gasteiger partial charge is 0.0746 e. The Morgan fingerprint density at radius 1 is 0.944 bits per heavy atom. The van der Waals surface area contributed by atoms with Gasteiger partial charge in [-0.3, -0.25) is 0 Å². The molecule has 1 aromatic carbocycles. The van der Waals surface area contributed by atoms with E-state index < -0.39 is 0 Å². The van der Waals surface area contributed by atoms with Crippen molar-refractivity contribution in [3.63, 3.8) is 0 Å². The minimum absolute atomic E-state index is 0.0631. The van der Waals surface area contributed by atoms with Gasteiger partial charge in [-0.05, 0) is 24.0 Å². The molecule has 2 atom stereocenters. The number of benzene rings is 1. The third kappa shape index (κ3) is 5.15. The Kier molecular flexibility index (Phi) is 7.68. The highest BCUT2D eigenvalue weighted by molar-refractivity contribution is 6.18.